The summed E-state index contributed by atoms with van der Waals surface area (Å²) in [7, 11) is 1.54. The minimum absolute atomic E-state index is 0.216. The van der Waals surface area contributed by atoms with Gasteiger partial charge in [-0.25, -0.2) is 19.7 Å². The number of rotatable bonds is 21. The molecule has 6 aromatic rings. The molecule has 2 aromatic heterocycles. The van der Waals surface area contributed by atoms with Crippen LogP contribution in [-0.4, -0.2) is 103 Å². The molecule has 1 saturated heterocycles. The Kier molecular flexibility index (Phi) is 16.9. The van der Waals surface area contributed by atoms with Crippen LogP contribution in [0.5, 0.6) is 11.5 Å². The number of hydrogen-bond donors (Lipinski definition) is 3. The van der Waals surface area contributed by atoms with E-state index in [0.717, 1.165) is 51.8 Å². The molecule has 18 nitrogen and oxygen atoms in total. The number of aryl methyl sites for hydroxylation is 1. The predicted molar refractivity (Wildman–Crippen MR) is 268 cm³/mol. The molecule has 1 atom stereocenters. The Balaban J connectivity index is 0.991. The molecule has 1 aliphatic rings. The number of esters is 1. The van der Waals surface area contributed by atoms with Crippen LogP contribution in [-0.2, 0) is 44.2 Å². The Morgan fingerprint density at radius 3 is 2.31 bits per heavy atom. The van der Waals surface area contributed by atoms with E-state index in [0.29, 0.717) is 71.0 Å². The molecule has 366 valence electrons. The van der Waals surface area contributed by atoms with Crippen molar-refractivity contribution in [3.05, 3.63) is 119 Å². The van der Waals surface area contributed by atoms with Gasteiger partial charge < -0.3 is 28.8 Å². The van der Waals surface area contributed by atoms with Crippen LogP contribution in [0, 0.1) is 0 Å². The number of benzene rings is 4. The van der Waals surface area contributed by atoms with Gasteiger partial charge in [0, 0.05) is 43.1 Å². The molecule has 3 heterocycles. The number of aromatic nitrogens is 6. The van der Waals surface area contributed by atoms with Gasteiger partial charge in [0.15, 0.2) is 18.1 Å². The van der Waals surface area contributed by atoms with Crippen molar-refractivity contribution < 1.29 is 42.9 Å². The number of hydrogen-bond acceptors (Lipinski definition) is 15. The molecule has 3 N–H and O–H groups in total. The highest BCUT2D eigenvalue weighted by molar-refractivity contribution is 8.15. The Morgan fingerprint density at radius 2 is 1.64 bits per heavy atom. The second-order valence-electron chi connectivity index (χ2n) is 17.1. The Hall–Kier alpha value is -7.19. The number of anilines is 2. The minimum atomic E-state index is -0.777. The molecule has 4 aromatic carbocycles. The van der Waals surface area contributed by atoms with Crippen molar-refractivity contribution in [2.75, 3.05) is 42.8 Å². The van der Waals surface area contributed by atoms with E-state index in [2.05, 4.69) is 38.2 Å². The number of nitrogens with zero attached hydrogens (tertiary/aromatic N) is 6. The van der Waals surface area contributed by atoms with Gasteiger partial charge in [-0.2, -0.15) is 11.8 Å². The third kappa shape index (κ3) is 13.3. The maximum absolute atomic E-state index is 13.6. The first kappa shape index (κ1) is 50.7. The molecule has 0 aliphatic carbocycles. The first-order valence-electron chi connectivity index (χ1n) is 22.7. The highest BCUT2D eigenvalue weighted by atomic mass is 32.2. The van der Waals surface area contributed by atoms with E-state index in [1.54, 1.807) is 89.0 Å². The molecule has 70 heavy (non-hydrogen) atoms. The van der Waals surface area contributed by atoms with Gasteiger partial charge in [-0.3, -0.25) is 24.6 Å². The van der Waals surface area contributed by atoms with Gasteiger partial charge in [0.2, 0.25) is 5.91 Å². The summed E-state index contributed by atoms with van der Waals surface area (Å²) in [5.41, 5.74) is 5.61. The lowest BCUT2D eigenvalue weighted by Gasteiger charge is -2.26. The van der Waals surface area contributed by atoms with Crippen molar-refractivity contribution in [1.82, 2.24) is 35.5 Å². The number of imide groups is 1. The monoisotopic (exact) mass is 989 g/mol. The first-order chi connectivity index (χ1) is 33.7. The fourth-order valence-corrected chi connectivity index (χ4v) is 9.05. The van der Waals surface area contributed by atoms with Gasteiger partial charge >= 0.3 is 12.1 Å². The van der Waals surface area contributed by atoms with Crippen molar-refractivity contribution >= 4 is 64.0 Å². The molecule has 1 unspecified atom stereocenters. The Bertz CT molecular complexity index is 2800. The molecule has 0 radical (unpaired) electrons. The fraction of sp³-hybridized carbons (Fsp3) is 0.340. The van der Waals surface area contributed by atoms with E-state index in [4.69, 9.17) is 23.9 Å². The van der Waals surface area contributed by atoms with Gasteiger partial charge in [0.25, 0.3) is 11.1 Å². The zero-order valence-electron chi connectivity index (χ0n) is 39.8. The summed E-state index contributed by atoms with van der Waals surface area (Å²) in [6, 6.07) is 28.0. The van der Waals surface area contributed by atoms with E-state index in [1.165, 1.54) is 4.90 Å². The smallest absolute Gasteiger partial charge is 0.414 e. The molecule has 1 aliphatic heterocycles. The maximum Gasteiger partial charge on any atom is 0.414 e. The second kappa shape index (κ2) is 23.4. The molecule has 1 fully saturated rings. The highest BCUT2D eigenvalue weighted by Crippen LogP contribution is 2.33. The first-order valence-corrected chi connectivity index (χ1v) is 24.7. The topological polar surface area (TPSA) is 222 Å². The van der Waals surface area contributed by atoms with Gasteiger partial charge in [-0.15, -0.1) is 5.10 Å². The number of H-pyrrole nitrogens is 1. The van der Waals surface area contributed by atoms with Crippen molar-refractivity contribution in [1.29, 1.82) is 0 Å². The Labute approximate surface area is 414 Å². The molecule has 20 heteroatoms. The van der Waals surface area contributed by atoms with E-state index in [-0.39, 0.29) is 31.0 Å². The van der Waals surface area contributed by atoms with Gasteiger partial charge in [0.05, 0.1) is 35.5 Å². The van der Waals surface area contributed by atoms with E-state index in [1.807, 2.05) is 53.1 Å². The van der Waals surface area contributed by atoms with E-state index < -0.39 is 28.8 Å². The van der Waals surface area contributed by atoms with Gasteiger partial charge in [-0.1, -0.05) is 79.3 Å². The average molecular weight is 990 g/mol. The third-order valence-electron chi connectivity index (χ3n) is 10.7. The average Bonchev–Trinajstić information content (AvgIpc) is 4.07. The minimum Gasteiger partial charge on any atom is -0.493 e. The number of aromatic amines is 1. The largest absolute Gasteiger partial charge is 0.493 e. The number of ether oxygens (including phenoxy) is 4. The summed E-state index contributed by atoms with van der Waals surface area (Å²) in [5, 5.41) is 18.7. The zero-order valence-corrected chi connectivity index (χ0v) is 41.4. The third-order valence-corrected chi connectivity index (χ3v) is 12.6. The van der Waals surface area contributed by atoms with E-state index in [9.17, 15) is 24.0 Å². The fourth-order valence-electron chi connectivity index (χ4n) is 7.45. The van der Waals surface area contributed by atoms with Crippen LogP contribution in [0.25, 0.3) is 22.5 Å². The predicted octanol–water partition coefficient (Wildman–Crippen LogP) is 8.50. The van der Waals surface area contributed by atoms with Crippen molar-refractivity contribution in [2.24, 2.45) is 0 Å². The van der Waals surface area contributed by atoms with Crippen LogP contribution in [0.15, 0.2) is 91.0 Å². The van der Waals surface area contributed by atoms with Crippen LogP contribution in [0.2, 0.25) is 0 Å². The van der Waals surface area contributed by atoms with Crippen LogP contribution in [0.1, 0.15) is 74.2 Å². The quantitative estimate of drug-likeness (QED) is 0.0454. The van der Waals surface area contributed by atoms with Crippen LogP contribution < -0.4 is 25.0 Å². The lowest BCUT2D eigenvalue weighted by Crippen LogP contribution is -2.34. The molecule has 0 saturated carbocycles. The van der Waals surface area contributed by atoms with Crippen molar-refractivity contribution in [3.8, 4) is 34.0 Å². The molecular weight excluding hydrogens is 935 g/mol. The second-order valence-corrected chi connectivity index (χ2v) is 19.3. The molecule has 7 rings (SSSR count). The zero-order chi connectivity index (χ0) is 49.8. The lowest BCUT2D eigenvalue weighted by molar-refractivity contribution is -0.119. The summed E-state index contributed by atoms with van der Waals surface area (Å²) >= 11 is 2.52. The highest BCUT2D eigenvalue weighted by Gasteiger charge is 2.31. The Morgan fingerprint density at radius 1 is 0.914 bits per heavy atom. The van der Waals surface area contributed by atoms with Crippen molar-refractivity contribution in [2.45, 2.75) is 77.0 Å². The SMILES string of the molecule is CCCc1nc(CSCCOc2ccc(NC(=O)COc3ccc(CC4SC(=O)NC4=O)cc3)c(N(C)C(=O)OC(C)(C)C)c2)c(C(=O)OCC)n1Cc1ccc(-c2ccccc2-c2nnn[nH]2)cc1. The summed E-state index contributed by atoms with van der Waals surface area (Å²) in [6.45, 7) is 9.73. The number of amides is 4. The maximum atomic E-state index is 13.6. The summed E-state index contributed by atoms with van der Waals surface area (Å²) < 4.78 is 25.1. The summed E-state index contributed by atoms with van der Waals surface area (Å²) in [5.74, 6) is 1.99. The number of imidazole rings is 1. The van der Waals surface area contributed by atoms with Gasteiger partial charge in [-0.05, 0) is 97.5 Å². The normalized spacial score (nSPS) is 13.4. The van der Waals surface area contributed by atoms with Crippen LogP contribution in [0.3, 0.4) is 0 Å². The lowest BCUT2D eigenvalue weighted by atomic mass is 9.98. The summed E-state index contributed by atoms with van der Waals surface area (Å²) in [4.78, 5) is 69.9. The molecule has 0 bridgehead atoms. The standard InChI is InChI=1S/C50H55N9O9S2/c1-7-11-42-51-39(44(47(62)65-8-2)59(42)28-32-14-18-33(19-15-32)36-12-9-10-13-37(36)45-54-56-57-55-45)30-69-25-24-66-35-22-23-38(40(27-35)58(6)49(64)68-50(3,4)5)52-43(60)29-67-34-20-16-31(17-21-34)26-41-46(61)53-48(63)70-41/h9-10,12-23,27,41H,7-8,11,24-26,28-30H2,1-6H3,(H,52,60)(H,53,61,63)(H,54,55,56,57). The summed E-state index contributed by atoms with van der Waals surface area (Å²) in [6.07, 6.45) is 1.24. The number of carbonyl (C=O) groups excluding carboxylic acids is 5. The van der Waals surface area contributed by atoms with Gasteiger partial charge in [0.1, 0.15) is 22.9 Å². The number of carbonyl (C=O) groups is 5. The number of thioether (sulfide) groups is 2. The molecular formula is C50H55N9O9S2. The van der Waals surface area contributed by atoms with Crippen molar-refractivity contribution in [3.63, 3.8) is 0 Å². The van der Waals surface area contributed by atoms with E-state index >= 15 is 0 Å². The molecule has 0 spiro atoms. The number of nitrogens with one attached hydrogen (secondary N) is 3. The number of tetrazole rings is 1. The van der Waals surface area contributed by atoms with Crippen LogP contribution >= 0.6 is 23.5 Å². The van der Waals surface area contributed by atoms with Crippen LogP contribution in [0.4, 0.5) is 21.0 Å². The molecule has 4 amide bonds.